The highest BCUT2D eigenvalue weighted by Crippen LogP contribution is 2.33. The average molecular weight is 196 g/mol. The Morgan fingerprint density at radius 3 is 2.64 bits per heavy atom. The molecule has 0 heterocycles. The molecule has 0 saturated carbocycles. The summed E-state index contributed by atoms with van der Waals surface area (Å²) in [5.74, 6) is 0.349. The molecule has 2 unspecified atom stereocenters. The van der Waals surface area contributed by atoms with E-state index in [-0.39, 0.29) is 11.7 Å². The van der Waals surface area contributed by atoms with Crippen LogP contribution in [0.1, 0.15) is 39.5 Å². The Balaban J connectivity index is 2.79. The summed E-state index contributed by atoms with van der Waals surface area (Å²) in [6.07, 6.45) is 8.78. The van der Waals surface area contributed by atoms with Crippen LogP contribution in [0.25, 0.3) is 0 Å². The van der Waals surface area contributed by atoms with Crippen LogP contribution in [0.2, 0.25) is 0 Å². The summed E-state index contributed by atoms with van der Waals surface area (Å²) in [6, 6.07) is 0. The molecule has 0 radical (unpaired) electrons. The second-order valence-corrected chi connectivity index (χ2v) is 4.06. The van der Waals surface area contributed by atoms with E-state index in [4.69, 9.17) is 0 Å². The lowest BCUT2D eigenvalue weighted by Crippen LogP contribution is -2.36. The monoisotopic (exact) mass is 196 g/mol. The molecule has 0 bridgehead atoms. The smallest absolute Gasteiger partial charge is 0.111 e. The molecule has 1 aliphatic carbocycles. The van der Waals surface area contributed by atoms with E-state index in [0.717, 1.165) is 25.7 Å². The third-order valence-electron chi connectivity index (χ3n) is 2.81. The van der Waals surface area contributed by atoms with Crippen LogP contribution in [0.3, 0.4) is 0 Å². The van der Waals surface area contributed by atoms with Gasteiger partial charge in [-0.15, -0.1) is 0 Å². The molecule has 2 N–H and O–H groups in total. The van der Waals surface area contributed by atoms with Crippen molar-refractivity contribution >= 4 is 0 Å². The van der Waals surface area contributed by atoms with Crippen LogP contribution >= 0.6 is 0 Å². The van der Waals surface area contributed by atoms with Gasteiger partial charge in [-0.25, -0.2) is 0 Å². The van der Waals surface area contributed by atoms with Gasteiger partial charge in [0.1, 0.15) is 5.76 Å². The van der Waals surface area contributed by atoms with Crippen molar-refractivity contribution in [1.82, 2.24) is 0 Å². The van der Waals surface area contributed by atoms with E-state index in [1.54, 1.807) is 18.2 Å². The Morgan fingerprint density at radius 2 is 2.07 bits per heavy atom. The normalized spacial score (nSPS) is 31.6. The highest BCUT2D eigenvalue weighted by atomic mass is 16.3. The highest BCUT2D eigenvalue weighted by Gasteiger charge is 2.33. The van der Waals surface area contributed by atoms with Gasteiger partial charge >= 0.3 is 0 Å². The van der Waals surface area contributed by atoms with E-state index in [1.165, 1.54) is 0 Å². The van der Waals surface area contributed by atoms with Crippen LogP contribution < -0.4 is 0 Å². The van der Waals surface area contributed by atoms with Crippen molar-refractivity contribution in [2.45, 2.75) is 45.1 Å². The summed E-state index contributed by atoms with van der Waals surface area (Å²) < 4.78 is 0. The Morgan fingerprint density at radius 1 is 1.36 bits per heavy atom. The van der Waals surface area contributed by atoms with Gasteiger partial charge in [-0.1, -0.05) is 26.7 Å². The quantitative estimate of drug-likeness (QED) is 0.725. The first-order valence-electron chi connectivity index (χ1n) is 5.44. The lowest BCUT2D eigenvalue weighted by molar-refractivity contribution is 0.0310. The zero-order valence-electron chi connectivity index (χ0n) is 9.03. The molecule has 2 nitrogen and oxygen atoms in total. The number of hydrogen-bond donors (Lipinski definition) is 2. The predicted molar refractivity (Wildman–Crippen MR) is 58.1 cm³/mol. The molecule has 80 valence electrons. The number of rotatable bonds is 4. The lowest BCUT2D eigenvalue weighted by Gasteiger charge is -2.34. The van der Waals surface area contributed by atoms with Crippen molar-refractivity contribution in [2.24, 2.45) is 5.92 Å². The van der Waals surface area contributed by atoms with Gasteiger partial charge in [-0.2, -0.15) is 0 Å². The molecule has 0 aromatic rings. The predicted octanol–water partition coefficient (Wildman–Crippen LogP) is 2.95. The van der Waals surface area contributed by atoms with Crippen molar-refractivity contribution in [3.8, 4) is 0 Å². The van der Waals surface area contributed by atoms with Gasteiger partial charge in [0.05, 0.1) is 5.60 Å². The molecule has 1 rings (SSSR count). The molecule has 0 aromatic carbocycles. The SMILES string of the molecule is CCCC1C=C(O)C=CC1(O)CCC. The Bertz CT molecular complexity index is 243. The minimum atomic E-state index is -0.739. The summed E-state index contributed by atoms with van der Waals surface area (Å²) in [5.41, 5.74) is -0.739. The van der Waals surface area contributed by atoms with Gasteiger partial charge in [0.25, 0.3) is 0 Å². The van der Waals surface area contributed by atoms with Gasteiger partial charge in [-0.3, -0.25) is 0 Å². The van der Waals surface area contributed by atoms with Crippen molar-refractivity contribution in [1.29, 1.82) is 0 Å². The second kappa shape index (κ2) is 4.65. The topological polar surface area (TPSA) is 40.5 Å². The van der Waals surface area contributed by atoms with E-state index in [2.05, 4.69) is 13.8 Å². The molecule has 0 spiro atoms. The Hall–Kier alpha value is -0.760. The lowest BCUT2D eigenvalue weighted by atomic mass is 9.78. The molecule has 1 aliphatic rings. The Labute approximate surface area is 86.0 Å². The number of hydrogen-bond acceptors (Lipinski definition) is 2. The molecule has 0 amide bonds. The fraction of sp³-hybridized carbons (Fsp3) is 0.667. The van der Waals surface area contributed by atoms with Crippen LogP contribution in [0.4, 0.5) is 0 Å². The molecule has 2 heteroatoms. The molecular formula is C12H20O2. The van der Waals surface area contributed by atoms with E-state index < -0.39 is 5.60 Å². The van der Waals surface area contributed by atoms with E-state index in [1.807, 2.05) is 0 Å². The second-order valence-electron chi connectivity index (χ2n) is 4.06. The fourth-order valence-corrected chi connectivity index (χ4v) is 2.07. The standard InChI is InChI=1S/C12H20O2/c1-3-5-10-9-11(13)6-8-12(10,14)7-4-2/h6,8-10,13-14H,3-5,7H2,1-2H3. The summed E-state index contributed by atoms with van der Waals surface area (Å²) in [7, 11) is 0. The maximum Gasteiger partial charge on any atom is 0.111 e. The molecule has 0 fully saturated rings. The summed E-state index contributed by atoms with van der Waals surface area (Å²) >= 11 is 0. The maximum absolute atomic E-state index is 10.3. The number of aliphatic hydroxyl groups is 2. The van der Waals surface area contributed by atoms with E-state index >= 15 is 0 Å². The highest BCUT2D eigenvalue weighted by molar-refractivity contribution is 5.25. The first-order chi connectivity index (χ1) is 6.62. The van der Waals surface area contributed by atoms with Crippen LogP contribution in [0, 0.1) is 5.92 Å². The minimum absolute atomic E-state index is 0.0671. The number of allylic oxidation sites excluding steroid dienone is 1. The number of aliphatic hydroxyl groups excluding tert-OH is 1. The van der Waals surface area contributed by atoms with Gasteiger partial charge in [0.15, 0.2) is 0 Å². The largest absolute Gasteiger partial charge is 0.508 e. The van der Waals surface area contributed by atoms with Crippen LogP contribution in [0.5, 0.6) is 0 Å². The summed E-state index contributed by atoms with van der Waals surface area (Å²) in [6.45, 7) is 4.16. The molecule has 2 atom stereocenters. The fourth-order valence-electron chi connectivity index (χ4n) is 2.07. The minimum Gasteiger partial charge on any atom is -0.508 e. The summed E-state index contributed by atoms with van der Waals surface area (Å²) in [4.78, 5) is 0. The molecule has 0 aromatic heterocycles. The summed E-state index contributed by atoms with van der Waals surface area (Å²) in [5, 5.41) is 19.7. The Kier molecular flexibility index (Phi) is 3.76. The van der Waals surface area contributed by atoms with Crippen molar-refractivity contribution in [3.05, 3.63) is 24.0 Å². The van der Waals surface area contributed by atoms with Crippen LogP contribution in [-0.4, -0.2) is 15.8 Å². The van der Waals surface area contributed by atoms with E-state index in [0.29, 0.717) is 0 Å². The zero-order valence-corrected chi connectivity index (χ0v) is 9.03. The van der Waals surface area contributed by atoms with Gasteiger partial charge < -0.3 is 10.2 Å². The van der Waals surface area contributed by atoms with Gasteiger partial charge in [0, 0.05) is 5.92 Å². The van der Waals surface area contributed by atoms with Crippen LogP contribution in [0.15, 0.2) is 24.0 Å². The zero-order chi connectivity index (χ0) is 10.6. The van der Waals surface area contributed by atoms with Crippen molar-refractivity contribution in [3.63, 3.8) is 0 Å². The van der Waals surface area contributed by atoms with E-state index in [9.17, 15) is 10.2 Å². The van der Waals surface area contributed by atoms with Gasteiger partial charge in [0.2, 0.25) is 0 Å². The third kappa shape index (κ3) is 2.38. The molecule has 0 aliphatic heterocycles. The van der Waals surface area contributed by atoms with Crippen LogP contribution in [-0.2, 0) is 0 Å². The average Bonchev–Trinajstić information content (AvgIpc) is 2.13. The van der Waals surface area contributed by atoms with Gasteiger partial charge in [-0.05, 0) is 31.1 Å². The maximum atomic E-state index is 10.3. The molecular weight excluding hydrogens is 176 g/mol. The molecule has 14 heavy (non-hydrogen) atoms. The first kappa shape index (κ1) is 11.3. The molecule has 0 saturated heterocycles. The van der Waals surface area contributed by atoms with Crippen molar-refractivity contribution < 1.29 is 10.2 Å². The van der Waals surface area contributed by atoms with Crippen molar-refractivity contribution in [2.75, 3.05) is 0 Å². The third-order valence-corrected chi connectivity index (χ3v) is 2.81. The first-order valence-corrected chi connectivity index (χ1v) is 5.44.